The highest BCUT2D eigenvalue weighted by Gasteiger charge is 2.41. The van der Waals surface area contributed by atoms with Gasteiger partial charge < -0.3 is 15.8 Å². The normalized spacial score (nSPS) is 17.7. The van der Waals surface area contributed by atoms with Crippen molar-refractivity contribution in [3.05, 3.63) is 71.5 Å². The first kappa shape index (κ1) is 17.6. The molecule has 2 aromatic carbocycles. The van der Waals surface area contributed by atoms with E-state index in [-0.39, 0.29) is 17.8 Å². The van der Waals surface area contributed by atoms with Crippen molar-refractivity contribution in [2.24, 2.45) is 5.73 Å². The summed E-state index contributed by atoms with van der Waals surface area (Å²) in [5.41, 5.74) is 7.29. The molecule has 5 heteroatoms. The van der Waals surface area contributed by atoms with Gasteiger partial charge in [-0.1, -0.05) is 42.5 Å². The average molecular weight is 342 g/mol. The van der Waals surface area contributed by atoms with E-state index in [1.54, 1.807) is 12.1 Å². The van der Waals surface area contributed by atoms with E-state index in [2.05, 4.69) is 5.32 Å². The maximum Gasteiger partial charge on any atom is 0.230 e. The van der Waals surface area contributed by atoms with Gasteiger partial charge in [-0.05, 0) is 36.1 Å². The van der Waals surface area contributed by atoms with Crippen LogP contribution in [0.25, 0.3) is 0 Å². The van der Waals surface area contributed by atoms with E-state index in [4.69, 9.17) is 10.5 Å². The molecule has 0 bridgehead atoms. The molecule has 1 fully saturated rings. The minimum atomic E-state index is -0.692. The largest absolute Gasteiger partial charge is 0.381 e. The third-order valence-electron chi connectivity index (χ3n) is 4.89. The highest BCUT2D eigenvalue weighted by molar-refractivity contribution is 5.88. The molecule has 1 unspecified atom stereocenters. The molecule has 1 heterocycles. The van der Waals surface area contributed by atoms with Crippen LogP contribution in [0.4, 0.5) is 4.39 Å². The predicted molar refractivity (Wildman–Crippen MR) is 94.5 cm³/mol. The molecule has 0 aromatic heterocycles. The van der Waals surface area contributed by atoms with Gasteiger partial charge in [0.25, 0.3) is 0 Å². The maximum atomic E-state index is 13.3. The number of nitrogens with one attached hydrogen (secondary N) is 1. The SMILES string of the molecule is NC(CNC(=O)C1(c2ccc(F)cc2)CCOCC1)c1ccccc1. The highest BCUT2D eigenvalue weighted by atomic mass is 19.1. The number of hydrogen-bond donors (Lipinski definition) is 2. The summed E-state index contributed by atoms with van der Waals surface area (Å²) in [7, 11) is 0. The lowest BCUT2D eigenvalue weighted by molar-refractivity contribution is -0.130. The number of carbonyl (C=O) groups excluding carboxylic acids is 1. The van der Waals surface area contributed by atoms with Crippen LogP contribution < -0.4 is 11.1 Å². The molecule has 0 radical (unpaired) electrons. The standard InChI is InChI=1S/C20H23FN2O2/c21-17-8-6-16(7-9-17)20(10-12-25-13-11-20)19(24)23-14-18(22)15-4-2-1-3-5-15/h1-9,18H,10-14,22H2,(H,23,24). The fourth-order valence-corrected chi connectivity index (χ4v) is 3.33. The van der Waals surface area contributed by atoms with E-state index in [0.717, 1.165) is 11.1 Å². The fourth-order valence-electron chi connectivity index (χ4n) is 3.33. The minimum Gasteiger partial charge on any atom is -0.381 e. The first-order chi connectivity index (χ1) is 12.1. The summed E-state index contributed by atoms with van der Waals surface area (Å²) in [5.74, 6) is -0.383. The number of benzene rings is 2. The van der Waals surface area contributed by atoms with Gasteiger partial charge in [-0.25, -0.2) is 4.39 Å². The Bertz CT molecular complexity index is 697. The van der Waals surface area contributed by atoms with Crippen LogP contribution in [0.2, 0.25) is 0 Å². The number of carbonyl (C=O) groups is 1. The first-order valence-corrected chi connectivity index (χ1v) is 8.54. The molecule has 1 saturated heterocycles. The number of nitrogens with two attached hydrogens (primary N) is 1. The van der Waals surface area contributed by atoms with Crippen LogP contribution in [0, 0.1) is 5.82 Å². The number of rotatable bonds is 5. The summed E-state index contributed by atoms with van der Waals surface area (Å²) in [4.78, 5) is 13.0. The van der Waals surface area contributed by atoms with E-state index in [0.29, 0.717) is 32.6 Å². The number of ether oxygens (including phenoxy) is 1. The minimum absolute atomic E-state index is 0.0752. The first-order valence-electron chi connectivity index (χ1n) is 8.54. The third kappa shape index (κ3) is 3.89. The number of hydrogen-bond acceptors (Lipinski definition) is 3. The molecule has 4 nitrogen and oxygen atoms in total. The van der Waals surface area contributed by atoms with Gasteiger partial charge in [-0.3, -0.25) is 4.79 Å². The van der Waals surface area contributed by atoms with E-state index in [1.165, 1.54) is 12.1 Å². The Hall–Kier alpha value is -2.24. The third-order valence-corrected chi connectivity index (χ3v) is 4.89. The van der Waals surface area contributed by atoms with E-state index < -0.39 is 5.41 Å². The Balaban J connectivity index is 1.75. The van der Waals surface area contributed by atoms with Gasteiger partial charge in [0.05, 0.1) is 5.41 Å². The molecular weight excluding hydrogens is 319 g/mol. The number of amides is 1. The lowest BCUT2D eigenvalue weighted by Crippen LogP contribution is -2.49. The second kappa shape index (κ2) is 7.76. The lowest BCUT2D eigenvalue weighted by atomic mass is 9.73. The zero-order valence-electron chi connectivity index (χ0n) is 14.1. The van der Waals surface area contributed by atoms with Crippen molar-refractivity contribution >= 4 is 5.91 Å². The van der Waals surface area contributed by atoms with Crippen LogP contribution in [0.1, 0.15) is 30.0 Å². The van der Waals surface area contributed by atoms with E-state index in [9.17, 15) is 9.18 Å². The van der Waals surface area contributed by atoms with Crippen LogP contribution in [-0.2, 0) is 14.9 Å². The van der Waals surface area contributed by atoms with Gasteiger partial charge in [0.2, 0.25) is 5.91 Å². The van der Waals surface area contributed by atoms with Crippen LogP contribution >= 0.6 is 0 Å². The fraction of sp³-hybridized carbons (Fsp3) is 0.350. The monoisotopic (exact) mass is 342 g/mol. The van der Waals surface area contributed by atoms with Crippen LogP contribution in [0.3, 0.4) is 0 Å². The van der Waals surface area contributed by atoms with Gasteiger partial charge in [-0.2, -0.15) is 0 Å². The predicted octanol–water partition coefficient (Wildman–Crippen LogP) is 2.69. The summed E-state index contributed by atoms with van der Waals surface area (Å²) in [6.07, 6.45) is 1.15. The molecular formula is C20H23FN2O2. The Kier molecular flexibility index (Phi) is 5.46. The molecule has 0 aliphatic carbocycles. The highest BCUT2D eigenvalue weighted by Crippen LogP contribution is 2.35. The van der Waals surface area contributed by atoms with Crippen molar-refractivity contribution in [1.29, 1.82) is 0 Å². The second-order valence-electron chi connectivity index (χ2n) is 6.43. The Morgan fingerprint density at radius 2 is 1.76 bits per heavy atom. The molecule has 0 spiro atoms. The summed E-state index contributed by atoms with van der Waals surface area (Å²) in [6, 6.07) is 15.6. The van der Waals surface area contributed by atoms with Crippen molar-refractivity contribution in [3.63, 3.8) is 0 Å². The van der Waals surface area contributed by atoms with Crippen molar-refractivity contribution in [3.8, 4) is 0 Å². The van der Waals surface area contributed by atoms with Gasteiger partial charge in [-0.15, -0.1) is 0 Å². The molecule has 3 N–H and O–H groups in total. The molecule has 3 rings (SSSR count). The van der Waals surface area contributed by atoms with Crippen LogP contribution in [0.15, 0.2) is 54.6 Å². The zero-order chi connectivity index (χ0) is 17.7. The molecule has 2 aromatic rings. The second-order valence-corrected chi connectivity index (χ2v) is 6.43. The summed E-state index contributed by atoms with van der Waals surface area (Å²) >= 11 is 0. The summed E-state index contributed by atoms with van der Waals surface area (Å²) in [5, 5.41) is 2.99. The lowest BCUT2D eigenvalue weighted by Gasteiger charge is -2.36. The van der Waals surface area contributed by atoms with Gasteiger partial charge in [0, 0.05) is 25.8 Å². The van der Waals surface area contributed by atoms with E-state index in [1.807, 2.05) is 30.3 Å². The van der Waals surface area contributed by atoms with Crippen molar-refractivity contribution in [2.45, 2.75) is 24.3 Å². The quantitative estimate of drug-likeness (QED) is 0.878. The average Bonchev–Trinajstić information content (AvgIpc) is 2.67. The Morgan fingerprint density at radius 1 is 1.12 bits per heavy atom. The summed E-state index contributed by atoms with van der Waals surface area (Å²) < 4.78 is 18.7. The smallest absolute Gasteiger partial charge is 0.230 e. The molecule has 0 saturated carbocycles. The van der Waals surface area contributed by atoms with E-state index >= 15 is 0 Å². The molecule has 1 atom stereocenters. The van der Waals surface area contributed by atoms with Crippen molar-refractivity contribution in [1.82, 2.24) is 5.32 Å². The number of halogens is 1. The van der Waals surface area contributed by atoms with Crippen molar-refractivity contribution < 1.29 is 13.9 Å². The zero-order valence-corrected chi connectivity index (χ0v) is 14.1. The topological polar surface area (TPSA) is 64.3 Å². The summed E-state index contributed by atoms with van der Waals surface area (Å²) in [6.45, 7) is 1.37. The Morgan fingerprint density at radius 3 is 2.40 bits per heavy atom. The van der Waals surface area contributed by atoms with Crippen LogP contribution in [-0.4, -0.2) is 25.7 Å². The maximum absolute atomic E-state index is 13.3. The molecule has 1 amide bonds. The van der Waals surface area contributed by atoms with Gasteiger partial charge in [0.1, 0.15) is 5.82 Å². The molecule has 1 aliphatic heterocycles. The van der Waals surface area contributed by atoms with Gasteiger partial charge >= 0.3 is 0 Å². The van der Waals surface area contributed by atoms with Gasteiger partial charge in [0.15, 0.2) is 0 Å². The molecule has 25 heavy (non-hydrogen) atoms. The Labute approximate surface area is 147 Å². The van der Waals surface area contributed by atoms with Crippen molar-refractivity contribution in [2.75, 3.05) is 19.8 Å². The molecule has 1 aliphatic rings. The van der Waals surface area contributed by atoms with Crippen LogP contribution in [0.5, 0.6) is 0 Å². The molecule has 132 valence electrons.